The Labute approximate surface area is 269 Å². The number of aliphatic hydroxyl groups is 2. The van der Waals surface area contributed by atoms with Crippen LogP contribution in [-0.2, 0) is 17.8 Å². The normalized spacial score (nSPS) is 19.2. The van der Waals surface area contributed by atoms with E-state index in [0.29, 0.717) is 40.2 Å². The largest absolute Gasteiger partial charge is 0.394 e. The standard InChI is InChI=1S/C36H32N6O5/c43-19-29-33(45)30(41-36(46)25-15-13-24(14-16-25)32(44)23-8-2-1-3-9-23)28(47-29)18-42-21-40-31-34(38-20-39-35(31)42)37-17-26-11-6-10-22-7-4-5-12-27(22)26/h1-16,20-21,28-30,33,43,45H,17-19H2,(H,41,46)(H,37,38,39)/t28?,29?,30-,33+/m1/s1. The summed E-state index contributed by atoms with van der Waals surface area (Å²) in [7, 11) is 0. The van der Waals surface area contributed by atoms with Gasteiger partial charge in [0.05, 0.1) is 31.6 Å². The molecular weight excluding hydrogens is 596 g/mol. The van der Waals surface area contributed by atoms with Gasteiger partial charge in [0, 0.05) is 23.2 Å². The molecule has 47 heavy (non-hydrogen) atoms. The molecule has 11 nitrogen and oxygen atoms in total. The Morgan fingerprint density at radius 2 is 1.53 bits per heavy atom. The van der Waals surface area contributed by atoms with Crippen LogP contribution in [-0.4, -0.2) is 72.4 Å². The van der Waals surface area contributed by atoms with Crippen molar-refractivity contribution in [2.75, 3.05) is 11.9 Å². The van der Waals surface area contributed by atoms with Gasteiger partial charge in [-0.25, -0.2) is 15.0 Å². The van der Waals surface area contributed by atoms with Crippen molar-refractivity contribution in [1.82, 2.24) is 24.8 Å². The highest BCUT2D eigenvalue weighted by atomic mass is 16.5. The summed E-state index contributed by atoms with van der Waals surface area (Å²) in [4.78, 5) is 39.5. The van der Waals surface area contributed by atoms with Crippen LogP contribution in [0.25, 0.3) is 21.9 Å². The van der Waals surface area contributed by atoms with Crippen LogP contribution in [0, 0.1) is 0 Å². The summed E-state index contributed by atoms with van der Waals surface area (Å²) in [6, 6.07) is 28.8. The van der Waals surface area contributed by atoms with Crippen molar-refractivity contribution >= 4 is 39.4 Å². The number of amides is 1. The molecule has 1 aliphatic heterocycles. The zero-order valence-corrected chi connectivity index (χ0v) is 25.2. The summed E-state index contributed by atoms with van der Waals surface area (Å²) in [5.74, 6) is -0.0228. The van der Waals surface area contributed by atoms with Gasteiger partial charge in [-0.05, 0) is 28.5 Å². The van der Waals surface area contributed by atoms with Crippen LogP contribution >= 0.6 is 0 Å². The third-order valence-corrected chi connectivity index (χ3v) is 8.53. The molecule has 0 bridgehead atoms. The topological polar surface area (TPSA) is 151 Å². The van der Waals surface area contributed by atoms with E-state index < -0.39 is 36.9 Å². The van der Waals surface area contributed by atoms with E-state index in [1.54, 1.807) is 59.4 Å². The average molecular weight is 629 g/mol. The molecule has 0 spiro atoms. The summed E-state index contributed by atoms with van der Waals surface area (Å²) >= 11 is 0. The molecule has 4 atom stereocenters. The van der Waals surface area contributed by atoms with Crippen molar-refractivity contribution < 1.29 is 24.5 Å². The number of ketones is 1. The molecular formula is C36H32N6O5. The predicted molar refractivity (Wildman–Crippen MR) is 176 cm³/mol. The van der Waals surface area contributed by atoms with E-state index in [0.717, 1.165) is 16.3 Å². The van der Waals surface area contributed by atoms with Crippen molar-refractivity contribution in [2.24, 2.45) is 0 Å². The summed E-state index contributed by atoms with van der Waals surface area (Å²) < 4.78 is 7.78. The monoisotopic (exact) mass is 628 g/mol. The molecule has 1 aliphatic rings. The maximum absolute atomic E-state index is 13.3. The van der Waals surface area contributed by atoms with Crippen molar-refractivity contribution in [3.8, 4) is 0 Å². The van der Waals surface area contributed by atoms with Gasteiger partial charge in [0.15, 0.2) is 17.2 Å². The molecule has 236 valence electrons. The van der Waals surface area contributed by atoms with Gasteiger partial charge < -0.3 is 30.2 Å². The molecule has 0 saturated carbocycles. The van der Waals surface area contributed by atoms with Gasteiger partial charge in [-0.1, -0.05) is 84.9 Å². The second kappa shape index (κ2) is 13.1. The first kappa shape index (κ1) is 30.2. The first-order valence-electron chi connectivity index (χ1n) is 15.3. The maximum atomic E-state index is 13.3. The summed E-state index contributed by atoms with van der Waals surface area (Å²) in [6.07, 6.45) is 0.322. The maximum Gasteiger partial charge on any atom is 0.251 e. The number of hydrogen-bond acceptors (Lipinski definition) is 9. The van der Waals surface area contributed by atoms with E-state index in [4.69, 9.17) is 4.74 Å². The highest BCUT2D eigenvalue weighted by Gasteiger charge is 2.44. The van der Waals surface area contributed by atoms with Crippen molar-refractivity contribution in [2.45, 2.75) is 37.4 Å². The Kier molecular flexibility index (Phi) is 8.40. The van der Waals surface area contributed by atoms with Crippen molar-refractivity contribution in [3.63, 3.8) is 0 Å². The van der Waals surface area contributed by atoms with Crippen LogP contribution in [0.5, 0.6) is 0 Å². The summed E-state index contributed by atoms with van der Waals surface area (Å²) in [6.45, 7) is 0.306. The zero-order chi connectivity index (χ0) is 32.3. The number of nitrogens with zero attached hydrogens (tertiary/aromatic N) is 4. The Morgan fingerprint density at radius 1 is 0.809 bits per heavy atom. The number of aliphatic hydroxyl groups excluding tert-OH is 2. The molecule has 6 aromatic rings. The lowest BCUT2D eigenvalue weighted by atomic mass is 10.0. The van der Waals surface area contributed by atoms with Crippen LogP contribution in [0.2, 0.25) is 0 Å². The van der Waals surface area contributed by atoms with Crippen LogP contribution in [0.4, 0.5) is 5.82 Å². The van der Waals surface area contributed by atoms with Gasteiger partial charge in [0.25, 0.3) is 5.91 Å². The Hall–Kier alpha value is -5.49. The highest BCUT2D eigenvalue weighted by molar-refractivity contribution is 6.09. The fourth-order valence-corrected chi connectivity index (χ4v) is 6.05. The van der Waals surface area contributed by atoms with Crippen molar-refractivity contribution in [1.29, 1.82) is 0 Å². The lowest BCUT2D eigenvalue weighted by Crippen LogP contribution is -2.49. The molecule has 3 heterocycles. The number of nitrogens with one attached hydrogen (secondary N) is 2. The van der Waals surface area contributed by atoms with E-state index in [9.17, 15) is 19.8 Å². The third kappa shape index (κ3) is 6.07. The molecule has 2 unspecified atom stereocenters. The fourth-order valence-electron chi connectivity index (χ4n) is 6.05. The number of carbonyl (C=O) groups is 2. The molecule has 7 rings (SSSR count). The molecule has 2 aromatic heterocycles. The third-order valence-electron chi connectivity index (χ3n) is 8.53. The lowest BCUT2D eigenvalue weighted by molar-refractivity contribution is -0.0255. The fraction of sp³-hybridized carbons (Fsp3) is 0.194. The number of hydrogen-bond donors (Lipinski definition) is 4. The SMILES string of the molecule is O=C(N[C@@H]1C(Cn2cnc3c(NCc4cccc5ccccc45)ncnc32)OC(CO)[C@@H]1O)c1ccc(C(=O)c2ccccc2)cc1. The predicted octanol–water partition coefficient (Wildman–Crippen LogP) is 3.74. The zero-order valence-electron chi connectivity index (χ0n) is 25.2. The van der Waals surface area contributed by atoms with E-state index in [1.165, 1.54) is 6.33 Å². The van der Waals surface area contributed by atoms with Crippen molar-refractivity contribution in [3.05, 3.63) is 132 Å². The minimum absolute atomic E-state index is 0.147. The Morgan fingerprint density at radius 3 is 2.34 bits per heavy atom. The number of rotatable bonds is 10. The molecule has 11 heteroatoms. The first-order valence-corrected chi connectivity index (χ1v) is 15.3. The number of anilines is 1. The first-order chi connectivity index (χ1) is 23.0. The summed E-state index contributed by atoms with van der Waals surface area (Å²) in [5, 5.41) is 29.4. The number of benzene rings is 4. The van der Waals surface area contributed by atoms with E-state index >= 15 is 0 Å². The number of ether oxygens (including phenoxy) is 1. The number of aromatic nitrogens is 4. The van der Waals surface area contributed by atoms with Crippen LogP contribution in [0.1, 0.15) is 31.8 Å². The van der Waals surface area contributed by atoms with Gasteiger partial charge in [-0.3, -0.25) is 9.59 Å². The summed E-state index contributed by atoms with van der Waals surface area (Å²) in [5.41, 5.74) is 3.56. The van der Waals surface area contributed by atoms with Gasteiger partial charge in [0.1, 0.15) is 24.1 Å². The van der Waals surface area contributed by atoms with Gasteiger partial charge in [-0.2, -0.15) is 0 Å². The molecule has 4 aromatic carbocycles. The number of imidazole rings is 1. The number of carbonyl (C=O) groups excluding carboxylic acids is 2. The second-order valence-electron chi connectivity index (χ2n) is 11.4. The smallest absolute Gasteiger partial charge is 0.251 e. The lowest BCUT2D eigenvalue weighted by Gasteiger charge is -2.22. The highest BCUT2D eigenvalue weighted by Crippen LogP contribution is 2.26. The van der Waals surface area contributed by atoms with Gasteiger partial charge >= 0.3 is 0 Å². The quantitative estimate of drug-likeness (QED) is 0.166. The van der Waals surface area contributed by atoms with Crippen LogP contribution < -0.4 is 10.6 Å². The molecule has 0 radical (unpaired) electrons. The van der Waals surface area contributed by atoms with E-state index in [2.05, 4.69) is 49.9 Å². The Balaban J connectivity index is 1.07. The average Bonchev–Trinajstić information content (AvgIpc) is 3.67. The van der Waals surface area contributed by atoms with E-state index in [-0.39, 0.29) is 12.3 Å². The molecule has 1 amide bonds. The van der Waals surface area contributed by atoms with Crippen LogP contribution in [0.15, 0.2) is 110 Å². The van der Waals surface area contributed by atoms with E-state index in [1.807, 2.05) is 24.3 Å². The Bertz CT molecular complexity index is 2040. The minimum Gasteiger partial charge on any atom is -0.394 e. The number of fused-ring (bicyclic) bond motifs is 2. The molecule has 1 fully saturated rings. The minimum atomic E-state index is -1.16. The van der Waals surface area contributed by atoms with Crippen LogP contribution in [0.3, 0.4) is 0 Å². The van der Waals surface area contributed by atoms with Gasteiger partial charge in [-0.15, -0.1) is 0 Å². The van der Waals surface area contributed by atoms with Gasteiger partial charge in [0.2, 0.25) is 0 Å². The second-order valence-corrected chi connectivity index (χ2v) is 11.4. The molecule has 0 aliphatic carbocycles. The molecule has 1 saturated heterocycles. The molecule has 4 N–H and O–H groups in total.